The van der Waals surface area contributed by atoms with Crippen LogP contribution in [0.1, 0.15) is 32.6 Å². The first kappa shape index (κ1) is 12.7. The highest BCUT2D eigenvalue weighted by Gasteiger charge is 2.20. The smallest absolute Gasteiger partial charge is 0.306 e. The molecule has 0 spiro atoms. The van der Waals surface area contributed by atoms with Crippen molar-refractivity contribution in [3.63, 3.8) is 0 Å². The molecule has 0 aromatic rings. The van der Waals surface area contributed by atoms with Gasteiger partial charge in [-0.25, -0.2) is 0 Å². The highest BCUT2D eigenvalue weighted by Crippen LogP contribution is 2.27. The van der Waals surface area contributed by atoms with Gasteiger partial charge in [0.1, 0.15) is 0 Å². The monoisotopic (exact) mass is 225 g/mol. The van der Waals surface area contributed by atoms with Crippen LogP contribution in [0.4, 0.5) is 0 Å². The maximum absolute atomic E-state index is 11.2. The van der Waals surface area contributed by atoms with Gasteiger partial charge in [0.2, 0.25) is 5.91 Å². The lowest BCUT2D eigenvalue weighted by Crippen LogP contribution is -2.23. The third kappa shape index (κ3) is 6.22. The highest BCUT2D eigenvalue weighted by atomic mass is 16.5. The largest absolute Gasteiger partial charge is 0.466 e. The Balaban J connectivity index is 2.01. The third-order valence-corrected chi connectivity index (χ3v) is 2.35. The molecule has 1 N–H and O–H groups in total. The Labute approximate surface area is 96.0 Å². The zero-order valence-electron chi connectivity index (χ0n) is 9.70. The van der Waals surface area contributed by atoms with Gasteiger partial charge in [0, 0.05) is 13.0 Å². The molecule has 1 rings (SSSR count). The van der Waals surface area contributed by atoms with Crippen LogP contribution < -0.4 is 5.32 Å². The molecule has 0 saturated heterocycles. The van der Waals surface area contributed by atoms with E-state index in [-0.39, 0.29) is 11.9 Å². The van der Waals surface area contributed by atoms with Crippen LogP contribution in [0.25, 0.3) is 0 Å². The van der Waals surface area contributed by atoms with Crippen molar-refractivity contribution < 1.29 is 14.3 Å². The molecule has 0 aromatic heterocycles. The third-order valence-electron chi connectivity index (χ3n) is 2.35. The van der Waals surface area contributed by atoms with Crippen LogP contribution >= 0.6 is 0 Å². The maximum Gasteiger partial charge on any atom is 0.306 e. The molecule has 0 bridgehead atoms. The fourth-order valence-electron chi connectivity index (χ4n) is 1.25. The summed E-state index contributed by atoms with van der Waals surface area (Å²) in [5.41, 5.74) is 0. The summed E-state index contributed by atoms with van der Waals surface area (Å²) in [7, 11) is 0. The van der Waals surface area contributed by atoms with Crippen LogP contribution in [0.3, 0.4) is 0 Å². The Kier molecular flexibility index (Phi) is 5.61. The van der Waals surface area contributed by atoms with E-state index < -0.39 is 0 Å². The van der Waals surface area contributed by atoms with E-state index in [2.05, 4.69) is 5.32 Å². The minimum absolute atomic E-state index is 0.0734. The molecule has 90 valence electrons. The Morgan fingerprint density at radius 3 is 2.81 bits per heavy atom. The van der Waals surface area contributed by atoms with Crippen molar-refractivity contribution in [1.82, 2.24) is 5.32 Å². The summed E-state index contributed by atoms with van der Waals surface area (Å²) in [6, 6.07) is 0. The Morgan fingerprint density at radius 2 is 2.19 bits per heavy atom. The van der Waals surface area contributed by atoms with Crippen molar-refractivity contribution >= 4 is 11.9 Å². The van der Waals surface area contributed by atoms with Crippen molar-refractivity contribution in [2.45, 2.75) is 32.6 Å². The van der Waals surface area contributed by atoms with Gasteiger partial charge in [-0.3, -0.25) is 9.59 Å². The van der Waals surface area contributed by atoms with E-state index in [9.17, 15) is 9.59 Å². The van der Waals surface area contributed by atoms with Crippen molar-refractivity contribution in [3.8, 4) is 0 Å². The summed E-state index contributed by atoms with van der Waals surface area (Å²) in [5, 5.41) is 2.82. The summed E-state index contributed by atoms with van der Waals surface area (Å²) in [4.78, 5) is 22.2. The molecule has 1 aliphatic rings. The molecular formula is C12H19NO3. The van der Waals surface area contributed by atoms with Crippen LogP contribution in [-0.4, -0.2) is 25.0 Å². The van der Waals surface area contributed by atoms with Crippen molar-refractivity contribution in [2.24, 2.45) is 5.92 Å². The molecule has 1 amide bonds. The molecule has 0 heterocycles. The lowest BCUT2D eigenvalue weighted by molar-refractivity contribution is -0.143. The standard InChI is InChI=1S/C12H19NO3/c1-2-16-12(15)6-4-3-5-11(14)13-9-10-7-8-10/h3,5,10H,2,4,6-9H2,1H3,(H,13,14)/b5-3+. The van der Waals surface area contributed by atoms with Gasteiger partial charge in [-0.1, -0.05) is 6.08 Å². The molecule has 1 fully saturated rings. The van der Waals surface area contributed by atoms with Gasteiger partial charge in [-0.2, -0.15) is 0 Å². The molecule has 0 unspecified atom stereocenters. The number of esters is 1. The number of carbonyl (C=O) groups excluding carboxylic acids is 2. The molecular weight excluding hydrogens is 206 g/mol. The quantitative estimate of drug-likeness (QED) is 0.526. The maximum atomic E-state index is 11.2. The van der Waals surface area contributed by atoms with Crippen LogP contribution in [0, 0.1) is 5.92 Å². The van der Waals surface area contributed by atoms with Gasteiger partial charge in [0.15, 0.2) is 0 Å². The summed E-state index contributed by atoms with van der Waals surface area (Å²) in [6.45, 7) is 2.96. The first-order valence-electron chi connectivity index (χ1n) is 5.82. The van der Waals surface area contributed by atoms with Crippen LogP contribution in [-0.2, 0) is 14.3 Å². The van der Waals surface area contributed by atoms with Gasteiger partial charge in [-0.15, -0.1) is 0 Å². The summed E-state index contributed by atoms with van der Waals surface area (Å²) in [5.74, 6) is 0.401. The van der Waals surface area contributed by atoms with Gasteiger partial charge < -0.3 is 10.1 Å². The molecule has 0 aliphatic heterocycles. The highest BCUT2D eigenvalue weighted by molar-refractivity contribution is 5.87. The Morgan fingerprint density at radius 1 is 1.44 bits per heavy atom. The fourth-order valence-corrected chi connectivity index (χ4v) is 1.25. The number of rotatable bonds is 7. The average molecular weight is 225 g/mol. The number of hydrogen-bond acceptors (Lipinski definition) is 3. The molecule has 0 radical (unpaired) electrons. The van der Waals surface area contributed by atoms with Crippen molar-refractivity contribution in [3.05, 3.63) is 12.2 Å². The lowest BCUT2D eigenvalue weighted by Gasteiger charge is -1.99. The second-order valence-corrected chi connectivity index (χ2v) is 3.93. The zero-order chi connectivity index (χ0) is 11.8. The zero-order valence-corrected chi connectivity index (χ0v) is 9.70. The molecule has 1 aliphatic carbocycles. The number of ether oxygens (including phenoxy) is 1. The van der Waals surface area contributed by atoms with Gasteiger partial charge in [0.25, 0.3) is 0 Å². The first-order valence-corrected chi connectivity index (χ1v) is 5.82. The van der Waals surface area contributed by atoms with Crippen LogP contribution in [0.2, 0.25) is 0 Å². The van der Waals surface area contributed by atoms with E-state index in [1.54, 1.807) is 13.0 Å². The molecule has 0 aromatic carbocycles. The normalized spacial score (nSPS) is 15.1. The molecule has 4 nitrogen and oxygen atoms in total. The van der Waals surface area contributed by atoms with Gasteiger partial charge in [0.05, 0.1) is 6.61 Å². The minimum atomic E-state index is -0.217. The number of allylic oxidation sites excluding steroid dienone is 1. The first-order chi connectivity index (χ1) is 7.72. The lowest BCUT2D eigenvalue weighted by atomic mass is 10.3. The van der Waals surface area contributed by atoms with E-state index in [1.165, 1.54) is 18.9 Å². The SMILES string of the molecule is CCOC(=O)CC/C=C/C(=O)NCC1CC1. The average Bonchev–Trinajstić information content (AvgIpc) is 3.06. The minimum Gasteiger partial charge on any atom is -0.466 e. The van der Waals surface area contributed by atoms with Crippen LogP contribution in [0.5, 0.6) is 0 Å². The predicted molar refractivity (Wildman–Crippen MR) is 60.7 cm³/mol. The summed E-state index contributed by atoms with van der Waals surface area (Å²) in [6.07, 6.45) is 6.54. The summed E-state index contributed by atoms with van der Waals surface area (Å²) >= 11 is 0. The number of carbonyl (C=O) groups is 2. The fraction of sp³-hybridized carbons (Fsp3) is 0.667. The molecule has 1 saturated carbocycles. The van der Waals surface area contributed by atoms with Crippen molar-refractivity contribution in [2.75, 3.05) is 13.2 Å². The second-order valence-electron chi connectivity index (χ2n) is 3.93. The van der Waals surface area contributed by atoms with Gasteiger partial charge >= 0.3 is 5.97 Å². The van der Waals surface area contributed by atoms with E-state index in [0.717, 1.165) is 6.54 Å². The topological polar surface area (TPSA) is 55.4 Å². The van der Waals surface area contributed by atoms with E-state index >= 15 is 0 Å². The predicted octanol–water partition coefficient (Wildman–Crippen LogP) is 1.41. The Hall–Kier alpha value is -1.32. The Bertz CT molecular complexity index is 269. The van der Waals surface area contributed by atoms with E-state index in [1.807, 2.05) is 0 Å². The van der Waals surface area contributed by atoms with E-state index in [4.69, 9.17) is 4.74 Å². The number of hydrogen-bond donors (Lipinski definition) is 1. The number of amides is 1. The molecule has 4 heteroatoms. The second kappa shape index (κ2) is 7.04. The number of nitrogens with one attached hydrogen (secondary N) is 1. The molecule has 16 heavy (non-hydrogen) atoms. The summed E-state index contributed by atoms with van der Waals surface area (Å²) < 4.78 is 4.76. The molecule has 0 atom stereocenters. The van der Waals surface area contributed by atoms with Crippen molar-refractivity contribution in [1.29, 1.82) is 0 Å². The van der Waals surface area contributed by atoms with Gasteiger partial charge in [-0.05, 0) is 38.2 Å². The van der Waals surface area contributed by atoms with Crippen LogP contribution in [0.15, 0.2) is 12.2 Å². The van der Waals surface area contributed by atoms with E-state index in [0.29, 0.717) is 25.4 Å².